The summed E-state index contributed by atoms with van der Waals surface area (Å²) in [6.45, 7) is 2.16. The third-order valence-corrected chi connectivity index (χ3v) is 9.05. The average molecular weight is 695 g/mol. The van der Waals surface area contributed by atoms with Crippen LogP contribution in [0.2, 0.25) is 0 Å². The minimum atomic E-state index is -4.69. The van der Waals surface area contributed by atoms with E-state index in [2.05, 4.69) is 11.7 Å². The minimum absolute atomic E-state index is 0.147. The van der Waals surface area contributed by atoms with Gasteiger partial charge in [-0.15, -0.1) is 0 Å². The first-order valence-electron chi connectivity index (χ1n) is 15.9. The van der Waals surface area contributed by atoms with E-state index in [1.807, 2.05) is 0 Å². The molecule has 0 aliphatic heterocycles. The zero-order valence-corrected chi connectivity index (χ0v) is 26.4. The van der Waals surface area contributed by atoms with Crippen molar-refractivity contribution in [3.63, 3.8) is 0 Å². The van der Waals surface area contributed by atoms with Crippen molar-refractivity contribution in [3.8, 4) is 28.0 Å². The van der Waals surface area contributed by atoms with Gasteiger partial charge in [-0.3, -0.25) is 0 Å². The number of benzene rings is 4. The Labute approximate surface area is 277 Å². The molecule has 1 fully saturated rings. The molecule has 260 valence electrons. The summed E-state index contributed by atoms with van der Waals surface area (Å²) >= 11 is 0. The summed E-state index contributed by atoms with van der Waals surface area (Å²) in [7, 11) is 0. The van der Waals surface area contributed by atoms with Crippen LogP contribution in [0.5, 0.6) is 5.75 Å². The van der Waals surface area contributed by atoms with Gasteiger partial charge in [0.05, 0.1) is 5.56 Å². The van der Waals surface area contributed by atoms with E-state index in [9.17, 15) is 22.0 Å². The van der Waals surface area contributed by atoms with Gasteiger partial charge < -0.3 is 4.74 Å². The minimum Gasteiger partial charge on any atom is -0.429 e. The molecule has 49 heavy (non-hydrogen) atoms. The smallest absolute Gasteiger partial charge is 0.429 e. The molecule has 4 aromatic carbocycles. The third-order valence-electron chi connectivity index (χ3n) is 9.05. The Kier molecular flexibility index (Phi) is 11.1. The van der Waals surface area contributed by atoms with Crippen LogP contribution in [-0.2, 0) is 6.11 Å². The Morgan fingerprint density at radius 2 is 1.27 bits per heavy atom. The maximum absolute atomic E-state index is 15.2. The average Bonchev–Trinajstić information content (AvgIpc) is 3.04. The summed E-state index contributed by atoms with van der Waals surface area (Å²) in [5.41, 5.74) is -3.90. The fourth-order valence-electron chi connectivity index (χ4n) is 6.50. The number of halogens is 10. The fourth-order valence-corrected chi connectivity index (χ4v) is 6.50. The van der Waals surface area contributed by atoms with Crippen molar-refractivity contribution < 1.29 is 48.6 Å². The van der Waals surface area contributed by atoms with E-state index in [0.717, 1.165) is 49.8 Å². The molecule has 0 heterocycles. The lowest BCUT2D eigenvalue weighted by Gasteiger charge is -2.29. The molecule has 0 spiro atoms. The molecule has 4 aromatic rings. The van der Waals surface area contributed by atoms with Crippen molar-refractivity contribution >= 4 is 5.83 Å². The van der Waals surface area contributed by atoms with Crippen molar-refractivity contribution in [1.29, 1.82) is 0 Å². The number of hydrogen-bond donors (Lipinski definition) is 0. The normalized spacial score (nSPS) is 17.0. The van der Waals surface area contributed by atoms with Gasteiger partial charge in [-0.25, -0.2) is 35.1 Å². The molecule has 5 rings (SSSR count). The molecule has 0 aromatic heterocycles. The molecular weight excluding hydrogens is 662 g/mol. The molecular formula is C38H32F10O. The van der Waals surface area contributed by atoms with E-state index in [4.69, 9.17) is 0 Å². The summed E-state index contributed by atoms with van der Waals surface area (Å²) in [5, 5.41) is 0. The Hall–Kier alpha value is -4.28. The van der Waals surface area contributed by atoms with Crippen LogP contribution in [0, 0.1) is 40.8 Å². The SMILES string of the molecule is CCCCCC1CCC(c2ccc(-c3cc(F)c(C(F)(F)Oc4ccc(-c5cc(F)c(/C(F)=C/F)c(F)c5)c(F)c4)c(F)c3)c(F)c2)CC1. The first kappa shape index (κ1) is 36.0. The van der Waals surface area contributed by atoms with E-state index in [1.54, 1.807) is 6.07 Å². The fraction of sp³-hybridized carbons (Fsp3) is 0.316. The molecule has 0 bridgehead atoms. The first-order chi connectivity index (χ1) is 23.3. The standard InChI is InChI=1S/C38H32F10O/c1-2-3-4-5-21-6-8-22(9-7-21)23-10-12-27(29(40)14-23)25-17-33(44)37(34(45)18-25)38(47,48)49-26-11-13-28(30(41)19-26)24-15-31(42)36(32(43)16-24)35(46)20-39/h10-22H,2-9H2,1H3/b35-20-. The predicted octanol–water partition coefficient (Wildman–Crippen LogP) is 13.1. The lowest BCUT2D eigenvalue weighted by atomic mass is 9.77. The second-order valence-electron chi connectivity index (χ2n) is 12.3. The summed E-state index contributed by atoms with van der Waals surface area (Å²) in [6, 6.07) is 8.37. The first-order valence-corrected chi connectivity index (χ1v) is 15.9. The van der Waals surface area contributed by atoms with E-state index in [1.165, 1.54) is 31.4 Å². The highest BCUT2D eigenvalue weighted by Crippen LogP contribution is 2.41. The van der Waals surface area contributed by atoms with E-state index in [0.29, 0.717) is 36.2 Å². The highest BCUT2D eigenvalue weighted by molar-refractivity contribution is 5.70. The number of alkyl halides is 2. The largest absolute Gasteiger partial charge is 0.432 e. The van der Waals surface area contributed by atoms with Crippen LogP contribution in [0.4, 0.5) is 43.9 Å². The van der Waals surface area contributed by atoms with Crippen molar-refractivity contribution in [2.75, 3.05) is 0 Å². The highest BCUT2D eigenvalue weighted by Gasteiger charge is 2.41. The third kappa shape index (κ3) is 7.97. The zero-order chi connectivity index (χ0) is 35.5. The van der Waals surface area contributed by atoms with Gasteiger partial charge in [-0.2, -0.15) is 8.78 Å². The number of ether oxygens (including phenoxy) is 1. The monoisotopic (exact) mass is 694 g/mol. The highest BCUT2D eigenvalue weighted by atomic mass is 19.3. The van der Waals surface area contributed by atoms with Gasteiger partial charge in [0.1, 0.15) is 52.5 Å². The van der Waals surface area contributed by atoms with E-state index in [-0.39, 0.29) is 17.0 Å². The summed E-state index contributed by atoms with van der Waals surface area (Å²) < 4.78 is 149. The number of unbranched alkanes of at least 4 members (excludes halogenated alkanes) is 2. The van der Waals surface area contributed by atoms with Gasteiger partial charge in [0.2, 0.25) is 0 Å². The Morgan fingerprint density at radius 1 is 0.714 bits per heavy atom. The second kappa shape index (κ2) is 15.1. The Bertz CT molecular complexity index is 1800. The molecule has 0 unspecified atom stereocenters. The van der Waals surface area contributed by atoms with Crippen molar-refractivity contribution in [2.24, 2.45) is 5.92 Å². The van der Waals surface area contributed by atoms with Gasteiger partial charge in [-0.05, 0) is 96.7 Å². The molecule has 11 heteroatoms. The quantitative estimate of drug-likeness (QED) is 0.112. The summed E-state index contributed by atoms with van der Waals surface area (Å²) in [6.07, 6.45) is 3.28. The van der Waals surface area contributed by atoms with Crippen LogP contribution in [0.3, 0.4) is 0 Å². The molecule has 0 atom stereocenters. The van der Waals surface area contributed by atoms with Crippen molar-refractivity contribution in [2.45, 2.75) is 70.3 Å². The van der Waals surface area contributed by atoms with Crippen LogP contribution in [0.25, 0.3) is 28.1 Å². The molecule has 1 aliphatic carbocycles. The molecule has 1 nitrogen and oxygen atoms in total. The van der Waals surface area contributed by atoms with Crippen LogP contribution in [-0.4, -0.2) is 0 Å². The van der Waals surface area contributed by atoms with Crippen LogP contribution in [0.1, 0.15) is 80.9 Å². The van der Waals surface area contributed by atoms with Crippen LogP contribution >= 0.6 is 0 Å². The number of hydrogen-bond acceptors (Lipinski definition) is 1. The summed E-state index contributed by atoms with van der Waals surface area (Å²) in [4.78, 5) is 0. The lowest BCUT2D eigenvalue weighted by molar-refractivity contribution is -0.189. The second-order valence-corrected chi connectivity index (χ2v) is 12.3. The van der Waals surface area contributed by atoms with E-state index >= 15 is 22.0 Å². The predicted molar refractivity (Wildman–Crippen MR) is 167 cm³/mol. The maximum Gasteiger partial charge on any atom is 0.432 e. The lowest BCUT2D eigenvalue weighted by Crippen LogP contribution is -2.25. The Morgan fingerprint density at radius 3 is 1.80 bits per heavy atom. The molecule has 1 aliphatic rings. The van der Waals surface area contributed by atoms with Crippen molar-refractivity contribution in [3.05, 3.63) is 119 Å². The zero-order valence-electron chi connectivity index (χ0n) is 26.4. The van der Waals surface area contributed by atoms with Crippen molar-refractivity contribution in [1.82, 2.24) is 0 Å². The van der Waals surface area contributed by atoms with Gasteiger partial charge in [0.15, 0.2) is 5.83 Å². The van der Waals surface area contributed by atoms with Gasteiger partial charge >= 0.3 is 6.11 Å². The number of rotatable bonds is 11. The molecule has 0 saturated heterocycles. The molecule has 0 N–H and O–H groups in total. The Balaban J connectivity index is 1.32. The molecule has 0 radical (unpaired) electrons. The molecule has 1 saturated carbocycles. The van der Waals surface area contributed by atoms with Crippen LogP contribution < -0.4 is 4.74 Å². The molecule has 0 amide bonds. The summed E-state index contributed by atoms with van der Waals surface area (Å²) in [5.74, 6) is -10.7. The van der Waals surface area contributed by atoms with E-state index < -0.39 is 81.2 Å². The van der Waals surface area contributed by atoms with Gasteiger partial charge in [0.25, 0.3) is 0 Å². The van der Waals surface area contributed by atoms with Gasteiger partial charge in [0, 0.05) is 17.2 Å². The van der Waals surface area contributed by atoms with Crippen LogP contribution in [0.15, 0.2) is 67.0 Å². The topological polar surface area (TPSA) is 9.23 Å². The van der Waals surface area contributed by atoms with Gasteiger partial charge in [-0.1, -0.05) is 44.7 Å². The maximum atomic E-state index is 15.2.